The van der Waals surface area contributed by atoms with Gasteiger partial charge in [0.2, 0.25) is 5.91 Å². The van der Waals surface area contributed by atoms with E-state index < -0.39 is 0 Å². The second-order valence-electron chi connectivity index (χ2n) is 7.26. The number of rotatable bonds is 5. The molecular weight excluding hydrogens is 252 g/mol. The Bertz CT molecular complexity index is 403. The molecule has 3 atom stereocenters. The molecule has 0 aromatic rings. The van der Waals surface area contributed by atoms with Crippen LogP contribution in [0.5, 0.6) is 0 Å². The quantitative estimate of drug-likeness (QED) is 0.840. The Hall–Kier alpha value is -0.610. The molecule has 4 heteroatoms. The first-order chi connectivity index (χ1) is 9.46. The van der Waals surface area contributed by atoms with Gasteiger partial charge in [0.05, 0.1) is 17.8 Å². The van der Waals surface area contributed by atoms with Crippen molar-refractivity contribution in [2.45, 2.75) is 83.6 Å². The van der Waals surface area contributed by atoms with Gasteiger partial charge < -0.3 is 9.64 Å². The fourth-order valence-electron chi connectivity index (χ4n) is 3.99. The van der Waals surface area contributed by atoms with E-state index in [1.165, 1.54) is 0 Å². The largest absolute Gasteiger partial charge is 0.378 e. The maximum atomic E-state index is 12.8. The van der Waals surface area contributed by atoms with Crippen LogP contribution in [0.4, 0.5) is 0 Å². The van der Waals surface area contributed by atoms with Gasteiger partial charge in [-0.25, -0.2) is 0 Å². The number of nitrogens with zero attached hydrogens (tertiary/aromatic N) is 1. The van der Waals surface area contributed by atoms with E-state index in [1.807, 2.05) is 6.92 Å². The zero-order valence-corrected chi connectivity index (χ0v) is 13.2. The smallest absolute Gasteiger partial charge is 0.244 e. The Labute approximate surface area is 122 Å². The van der Waals surface area contributed by atoms with Crippen molar-refractivity contribution >= 4 is 5.91 Å². The van der Waals surface area contributed by atoms with Gasteiger partial charge in [0, 0.05) is 18.1 Å². The molecule has 0 radical (unpaired) electrons. The third kappa shape index (κ3) is 1.92. The van der Waals surface area contributed by atoms with Crippen molar-refractivity contribution in [3.05, 3.63) is 0 Å². The third-order valence-electron chi connectivity index (χ3n) is 5.56. The van der Waals surface area contributed by atoms with Crippen LogP contribution in [0.1, 0.15) is 59.8 Å². The van der Waals surface area contributed by atoms with Gasteiger partial charge in [-0.3, -0.25) is 10.1 Å². The summed E-state index contributed by atoms with van der Waals surface area (Å²) in [7, 11) is 0. The maximum absolute atomic E-state index is 12.8. The SMILES string of the molecule is CCCC1NC2(CC2)C(=O)N1C1CC(OCC)C1(C)C. The molecule has 1 spiro atoms. The van der Waals surface area contributed by atoms with Crippen LogP contribution in [0.15, 0.2) is 0 Å². The van der Waals surface area contributed by atoms with Crippen molar-refractivity contribution in [2.24, 2.45) is 5.41 Å². The first kappa shape index (κ1) is 14.3. The molecule has 3 fully saturated rings. The molecule has 1 amide bonds. The molecule has 1 saturated heterocycles. The predicted molar refractivity (Wildman–Crippen MR) is 78.2 cm³/mol. The van der Waals surface area contributed by atoms with Crippen LogP contribution in [0.25, 0.3) is 0 Å². The fourth-order valence-corrected chi connectivity index (χ4v) is 3.99. The summed E-state index contributed by atoms with van der Waals surface area (Å²) in [6.07, 6.45) is 5.73. The van der Waals surface area contributed by atoms with Gasteiger partial charge in [0.25, 0.3) is 0 Å². The Balaban J connectivity index is 1.76. The van der Waals surface area contributed by atoms with E-state index in [-0.39, 0.29) is 17.1 Å². The molecule has 0 aromatic carbocycles. The maximum Gasteiger partial charge on any atom is 0.244 e. The fraction of sp³-hybridized carbons (Fsp3) is 0.938. The Kier molecular flexibility index (Phi) is 3.37. The van der Waals surface area contributed by atoms with Crippen LogP contribution in [0.2, 0.25) is 0 Å². The van der Waals surface area contributed by atoms with Gasteiger partial charge >= 0.3 is 0 Å². The standard InChI is InChI=1S/C16H28N2O2/c1-5-7-13-17-16(8-9-16)14(19)18(13)11-10-12(20-6-2)15(11,3)4/h11-13,17H,5-10H2,1-4H3. The van der Waals surface area contributed by atoms with Crippen molar-refractivity contribution in [1.29, 1.82) is 0 Å². The minimum absolute atomic E-state index is 0.0692. The monoisotopic (exact) mass is 280 g/mol. The predicted octanol–water partition coefficient (Wildman–Crippen LogP) is 2.28. The molecule has 114 valence electrons. The summed E-state index contributed by atoms with van der Waals surface area (Å²) in [5.74, 6) is 0.351. The van der Waals surface area contributed by atoms with E-state index in [1.54, 1.807) is 0 Å². The van der Waals surface area contributed by atoms with Crippen LogP contribution in [-0.2, 0) is 9.53 Å². The number of hydrogen-bond donors (Lipinski definition) is 1. The molecule has 3 aliphatic rings. The second kappa shape index (κ2) is 4.70. The summed E-state index contributed by atoms with van der Waals surface area (Å²) < 4.78 is 5.82. The number of carbonyl (C=O) groups is 1. The molecule has 1 heterocycles. The lowest BCUT2D eigenvalue weighted by Crippen LogP contribution is -2.64. The summed E-state index contributed by atoms with van der Waals surface area (Å²) in [5.41, 5.74) is -0.119. The number of nitrogens with one attached hydrogen (secondary N) is 1. The summed E-state index contributed by atoms with van der Waals surface area (Å²) in [4.78, 5) is 15.0. The van der Waals surface area contributed by atoms with Gasteiger partial charge in [-0.15, -0.1) is 0 Å². The molecule has 0 aromatic heterocycles. The van der Waals surface area contributed by atoms with Crippen molar-refractivity contribution in [3.8, 4) is 0 Å². The zero-order chi connectivity index (χ0) is 14.5. The molecular formula is C16H28N2O2. The van der Waals surface area contributed by atoms with Crippen LogP contribution >= 0.6 is 0 Å². The average Bonchev–Trinajstić information content (AvgIpc) is 3.13. The Morgan fingerprint density at radius 2 is 2.05 bits per heavy atom. The van der Waals surface area contributed by atoms with Crippen molar-refractivity contribution in [1.82, 2.24) is 10.2 Å². The molecule has 0 bridgehead atoms. The minimum atomic E-state index is -0.188. The van der Waals surface area contributed by atoms with Crippen molar-refractivity contribution < 1.29 is 9.53 Å². The summed E-state index contributed by atoms with van der Waals surface area (Å²) >= 11 is 0. The van der Waals surface area contributed by atoms with Crippen molar-refractivity contribution in [2.75, 3.05) is 6.61 Å². The molecule has 3 unspecified atom stereocenters. The van der Waals surface area contributed by atoms with E-state index >= 15 is 0 Å². The minimum Gasteiger partial charge on any atom is -0.378 e. The van der Waals surface area contributed by atoms with Crippen molar-refractivity contribution in [3.63, 3.8) is 0 Å². The summed E-state index contributed by atoms with van der Waals surface area (Å²) in [6.45, 7) is 9.49. The molecule has 1 aliphatic heterocycles. The van der Waals surface area contributed by atoms with Gasteiger partial charge in [-0.05, 0) is 32.6 Å². The van der Waals surface area contributed by atoms with E-state index in [0.29, 0.717) is 18.1 Å². The van der Waals surface area contributed by atoms with Crippen LogP contribution < -0.4 is 5.32 Å². The molecule has 20 heavy (non-hydrogen) atoms. The van der Waals surface area contributed by atoms with Gasteiger partial charge in [-0.2, -0.15) is 0 Å². The zero-order valence-electron chi connectivity index (χ0n) is 13.2. The van der Waals surface area contributed by atoms with E-state index in [9.17, 15) is 4.79 Å². The number of ether oxygens (including phenoxy) is 1. The highest BCUT2D eigenvalue weighted by Crippen LogP contribution is 2.51. The lowest BCUT2D eigenvalue weighted by Gasteiger charge is -2.56. The summed E-state index contributed by atoms with van der Waals surface area (Å²) in [6, 6.07) is 0.329. The third-order valence-corrected chi connectivity index (χ3v) is 5.56. The van der Waals surface area contributed by atoms with E-state index in [4.69, 9.17) is 4.74 Å². The lowest BCUT2D eigenvalue weighted by molar-refractivity contribution is -0.168. The highest BCUT2D eigenvalue weighted by Gasteiger charge is 2.64. The van der Waals surface area contributed by atoms with Gasteiger partial charge in [-0.1, -0.05) is 27.2 Å². The lowest BCUT2D eigenvalue weighted by atomic mass is 9.63. The molecule has 1 N–H and O–H groups in total. The van der Waals surface area contributed by atoms with Crippen LogP contribution in [0, 0.1) is 5.41 Å². The Morgan fingerprint density at radius 1 is 1.35 bits per heavy atom. The van der Waals surface area contributed by atoms with E-state index in [0.717, 1.165) is 38.7 Å². The Morgan fingerprint density at radius 3 is 2.55 bits per heavy atom. The normalized spacial score (nSPS) is 37.3. The molecule has 3 rings (SSSR count). The molecule has 4 nitrogen and oxygen atoms in total. The highest BCUT2D eigenvalue weighted by atomic mass is 16.5. The van der Waals surface area contributed by atoms with Gasteiger partial charge in [0.15, 0.2) is 0 Å². The summed E-state index contributed by atoms with van der Waals surface area (Å²) in [5, 5.41) is 3.61. The highest BCUT2D eigenvalue weighted by molar-refractivity contribution is 5.92. The van der Waals surface area contributed by atoms with Crippen LogP contribution in [0.3, 0.4) is 0 Å². The average molecular weight is 280 g/mol. The number of amides is 1. The second-order valence-corrected chi connectivity index (χ2v) is 7.26. The topological polar surface area (TPSA) is 41.6 Å². The van der Waals surface area contributed by atoms with Crippen LogP contribution in [-0.4, -0.2) is 41.3 Å². The molecule has 2 aliphatic carbocycles. The van der Waals surface area contributed by atoms with E-state index in [2.05, 4.69) is 31.0 Å². The first-order valence-electron chi connectivity index (χ1n) is 8.18. The van der Waals surface area contributed by atoms with Gasteiger partial charge in [0.1, 0.15) is 0 Å². The molecule has 2 saturated carbocycles. The first-order valence-corrected chi connectivity index (χ1v) is 8.18. The number of hydrogen-bond acceptors (Lipinski definition) is 3. The number of carbonyl (C=O) groups excluding carboxylic acids is 1.